The fourth-order valence-electron chi connectivity index (χ4n) is 1.70. The van der Waals surface area contributed by atoms with E-state index in [-0.39, 0.29) is 0 Å². The van der Waals surface area contributed by atoms with E-state index in [0.717, 1.165) is 12.8 Å². The Morgan fingerprint density at radius 2 is 2.14 bits per heavy atom. The van der Waals surface area contributed by atoms with Crippen LogP contribution in [0.1, 0.15) is 12.0 Å². The van der Waals surface area contributed by atoms with Crippen molar-refractivity contribution in [3.8, 4) is 0 Å². The van der Waals surface area contributed by atoms with E-state index in [1.54, 1.807) is 0 Å². The molecule has 0 aliphatic carbocycles. The molecule has 1 nitrogen and oxygen atoms in total. The molecule has 0 fully saturated rings. The monoisotopic (exact) mass is 184 g/mol. The van der Waals surface area contributed by atoms with Crippen LogP contribution in [0.2, 0.25) is 0 Å². The predicted octanol–water partition coefficient (Wildman–Crippen LogP) is 3.49. The van der Waals surface area contributed by atoms with E-state index in [9.17, 15) is 0 Å². The topological polar surface area (TPSA) is 15.8 Å². The van der Waals surface area contributed by atoms with Crippen LogP contribution in [0, 0.1) is 6.92 Å². The van der Waals surface area contributed by atoms with Crippen molar-refractivity contribution in [1.29, 1.82) is 0 Å². The van der Waals surface area contributed by atoms with Gasteiger partial charge in [-0.3, -0.25) is 0 Å². The lowest BCUT2D eigenvalue weighted by molar-refractivity contribution is 1.01. The maximum Gasteiger partial charge on any atom is 0.0456 e. The number of nitrogens with one attached hydrogen (secondary N) is 1. The number of benzene rings is 1. The van der Waals surface area contributed by atoms with E-state index in [0.29, 0.717) is 0 Å². The minimum absolute atomic E-state index is 1.06. The molecule has 2 aromatic rings. The predicted molar refractivity (Wildman–Crippen MR) is 61.1 cm³/mol. The van der Waals surface area contributed by atoms with E-state index in [1.165, 1.54) is 16.5 Å². The molecule has 14 heavy (non-hydrogen) atoms. The van der Waals surface area contributed by atoms with Gasteiger partial charge in [-0.2, -0.15) is 0 Å². The van der Waals surface area contributed by atoms with E-state index in [4.69, 9.17) is 0 Å². The SMILES string of the molecule is [CH2]C=CCCc1c[nH]c2ccccc12. The Bertz CT molecular complexity index is 437. The van der Waals surface area contributed by atoms with Crippen LogP contribution in [0.15, 0.2) is 42.6 Å². The largest absolute Gasteiger partial charge is 0.361 e. The van der Waals surface area contributed by atoms with Gasteiger partial charge in [0.2, 0.25) is 0 Å². The minimum atomic E-state index is 1.06. The number of fused-ring (bicyclic) bond motifs is 1. The van der Waals surface area contributed by atoms with Gasteiger partial charge in [0, 0.05) is 17.1 Å². The summed E-state index contributed by atoms with van der Waals surface area (Å²) in [6.07, 6.45) is 8.19. The Morgan fingerprint density at radius 3 is 3.00 bits per heavy atom. The Labute approximate surface area is 84.5 Å². The summed E-state index contributed by atoms with van der Waals surface area (Å²) in [6.45, 7) is 3.68. The molecule has 0 unspecified atom stereocenters. The zero-order chi connectivity index (χ0) is 9.80. The van der Waals surface area contributed by atoms with Gasteiger partial charge in [-0.1, -0.05) is 30.4 Å². The highest BCUT2D eigenvalue weighted by Gasteiger charge is 2.00. The van der Waals surface area contributed by atoms with Gasteiger partial charge < -0.3 is 4.98 Å². The standard InChI is InChI=1S/C13H14N/c1-2-3-4-7-11-10-14-13-9-6-5-8-12(11)13/h2-3,5-6,8-10,14H,1,4,7H2. The van der Waals surface area contributed by atoms with Crippen molar-refractivity contribution in [2.24, 2.45) is 0 Å². The lowest BCUT2D eigenvalue weighted by atomic mass is 10.1. The molecular formula is C13H14N. The summed E-state index contributed by atoms with van der Waals surface area (Å²) in [5, 5.41) is 1.34. The molecule has 0 aliphatic heterocycles. The smallest absolute Gasteiger partial charge is 0.0456 e. The Balaban J connectivity index is 2.25. The van der Waals surface area contributed by atoms with Crippen molar-refractivity contribution in [3.63, 3.8) is 0 Å². The number of aryl methyl sites for hydroxylation is 1. The molecule has 1 N–H and O–H groups in total. The van der Waals surface area contributed by atoms with Gasteiger partial charge in [-0.15, -0.1) is 0 Å². The molecule has 2 rings (SSSR count). The fourth-order valence-corrected chi connectivity index (χ4v) is 1.70. The molecule has 0 saturated carbocycles. The summed E-state index contributed by atoms with van der Waals surface area (Å²) in [7, 11) is 0. The van der Waals surface area contributed by atoms with Gasteiger partial charge >= 0.3 is 0 Å². The highest BCUT2D eigenvalue weighted by Crippen LogP contribution is 2.18. The van der Waals surface area contributed by atoms with Crippen LogP contribution in [0.4, 0.5) is 0 Å². The minimum Gasteiger partial charge on any atom is -0.361 e. The van der Waals surface area contributed by atoms with E-state index in [1.807, 2.05) is 6.08 Å². The van der Waals surface area contributed by atoms with E-state index < -0.39 is 0 Å². The van der Waals surface area contributed by atoms with Crippen LogP contribution in [0.3, 0.4) is 0 Å². The van der Waals surface area contributed by atoms with Crippen LogP contribution in [-0.4, -0.2) is 4.98 Å². The summed E-state index contributed by atoms with van der Waals surface area (Å²) < 4.78 is 0. The molecule has 1 aromatic heterocycles. The van der Waals surface area contributed by atoms with Crippen LogP contribution in [0.25, 0.3) is 10.9 Å². The second kappa shape index (κ2) is 4.14. The first-order chi connectivity index (χ1) is 6.92. The average Bonchev–Trinajstić information content (AvgIpc) is 2.63. The van der Waals surface area contributed by atoms with Crippen LogP contribution < -0.4 is 0 Å². The fraction of sp³-hybridized carbons (Fsp3) is 0.154. The molecule has 1 radical (unpaired) electrons. The maximum absolute atomic E-state index is 3.68. The summed E-state index contributed by atoms with van der Waals surface area (Å²) in [6, 6.07) is 8.40. The Hall–Kier alpha value is -1.50. The van der Waals surface area contributed by atoms with Crippen LogP contribution >= 0.6 is 0 Å². The number of hydrogen-bond acceptors (Lipinski definition) is 0. The molecule has 0 atom stereocenters. The summed E-state index contributed by atoms with van der Waals surface area (Å²) in [5.41, 5.74) is 2.61. The summed E-state index contributed by atoms with van der Waals surface area (Å²) >= 11 is 0. The normalized spacial score (nSPS) is 11.5. The highest BCUT2D eigenvalue weighted by molar-refractivity contribution is 5.82. The first-order valence-corrected chi connectivity index (χ1v) is 4.91. The molecule has 0 amide bonds. The zero-order valence-corrected chi connectivity index (χ0v) is 8.16. The van der Waals surface area contributed by atoms with E-state index in [2.05, 4.69) is 48.4 Å². The van der Waals surface area contributed by atoms with Gasteiger partial charge in [-0.05, 0) is 31.4 Å². The molecule has 0 bridgehead atoms. The first-order valence-electron chi connectivity index (χ1n) is 4.91. The number of aromatic nitrogens is 1. The lowest BCUT2D eigenvalue weighted by Crippen LogP contribution is -1.79. The van der Waals surface area contributed by atoms with Gasteiger partial charge in [0.1, 0.15) is 0 Å². The third kappa shape index (κ3) is 1.72. The summed E-state index contributed by atoms with van der Waals surface area (Å²) in [5.74, 6) is 0. The number of aromatic amines is 1. The molecule has 0 aliphatic rings. The van der Waals surface area contributed by atoms with Crippen LogP contribution in [-0.2, 0) is 6.42 Å². The second-order valence-electron chi connectivity index (χ2n) is 3.37. The number of hydrogen-bond donors (Lipinski definition) is 1. The van der Waals surface area contributed by atoms with E-state index >= 15 is 0 Å². The summed E-state index contributed by atoms with van der Waals surface area (Å²) in [4.78, 5) is 3.28. The van der Waals surface area contributed by atoms with Crippen molar-refractivity contribution in [2.75, 3.05) is 0 Å². The van der Waals surface area contributed by atoms with Crippen molar-refractivity contribution < 1.29 is 0 Å². The van der Waals surface area contributed by atoms with Crippen molar-refractivity contribution in [2.45, 2.75) is 12.8 Å². The number of para-hydroxylation sites is 1. The third-order valence-corrected chi connectivity index (χ3v) is 2.42. The molecule has 1 heteroatoms. The molecule has 1 heterocycles. The Morgan fingerprint density at radius 1 is 1.29 bits per heavy atom. The second-order valence-corrected chi connectivity index (χ2v) is 3.37. The third-order valence-electron chi connectivity index (χ3n) is 2.42. The lowest BCUT2D eigenvalue weighted by Gasteiger charge is -1.94. The molecule has 71 valence electrons. The maximum atomic E-state index is 3.68. The highest BCUT2D eigenvalue weighted by atomic mass is 14.7. The Kier molecular flexibility index (Phi) is 2.68. The molecule has 0 saturated heterocycles. The van der Waals surface area contributed by atoms with Crippen molar-refractivity contribution >= 4 is 10.9 Å². The van der Waals surface area contributed by atoms with Crippen molar-refractivity contribution in [3.05, 3.63) is 55.1 Å². The number of allylic oxidation sites excluding steroid dienone is 2. The quantitative estimate of drug-likeness (QED) is 0.751. The zero-order valence-electron chi connectivity index (χ0n) is 8.16. The van der Waals surface area contributed by atoms with Crippen molar-refractivity contribution in [1.82, 2.24) is 4.98 Å². The van der Waals surface area contributed by atoms with Crippen LogP contribution in [0.5, 0.6) is 0 Å². The molecular weight excluding hydrogens is 170 g/mol. The number of H-pyrrole nitrogens is 1. The average molecular weight is 184 g/mol. The van der Waals surface area contributed by atoms with Gasteiger partial charge in [0.15, 0.2) is 0 Å². The molecule has 1 aromatic carbocycles. The first kappa shape index (κ1) is 9.07. The number of rotatable bonds is 3. The molecule has 0 spiro atoms. The van der Waals surface area contributed by atoms with Gasteiger partial charge in [0.05, 0.1) is 0 Å². The van der Waals surface area contributed by atoms with Gasteiger partial charge in [-0.25, -0.2) is 0 Å². The van der Waals surface area contributed by atoms with Gasteiger partial charge in [0.25, 0.3) is 0 Å².